The predicted molar refractivity (Wildman–Crippen MR) is 54.4 cm³/mol. The fourth-order valence-corrected chi connectivity index (χ4v) is 1.42. The molecule has 3 N–H and O–H groups in total. The van der Waals surface area contributed by atoms with Gasteiger partial charge >= 0.3 is 0 Å². The molecule has 0 aliphatic carbocycles. The molecule has 1 aliphatic heterocycles. The molecule has 6 heteroatoms. The molecule has 0 bridgehead atoms. The summed E-state index contributed by atoms with van der Waals surface area (Å²) in [5.41, 5.74) is 3.11. The van der Waals surface area contributed by atoms with Crippen molar-refractivity contribution >= 4 is 24.8 Å². The van der Waals surface area contributed by atoms with Gasteiger partial charge in [0.15, 0.2) is 0 Å². The Morgan fingerprint density at radius 1 is 1.38 bits per heavy atom. The van der Waals surface area contributed by atoms with Gasteiger partial charge in [-0.15, -0.1) is 24.8 Å². The van der Waals surface area contributed by atoms with E-state index in [0.29, 0.717) is 0 Å². The van der Waals surface area contributed by atoms with Gasteiger partial charge in [0.25, 0.3) is 0 Å². The molecule has 0 atom stereocenters. The number of hydrogen-bond donors (Lipinski definition) is 3. The molecule has 1 aromatic heterocycles. The number of aromatic amines is 1. The van der Waals surface area contributed by atoms with E-state index in [1.54, 1.807) is 0 Å². The Morgan fingerprint density at radius 3 is 2.85 bits per heavy atom. The summed E-state index contributed by atoms with van der Waals surface area (Å²) in [4.78, 5) is 0. The summed E-state index contributed by atoms with van der Waals surface area (Å²) in [7, 11) is 0. The molecule has 0 saturated heterocycles. The van der Waals surface area contributed by atoms with E-state index < -0.39 is 0 Å². The van der Waals surface area contributed by atoms with Crippen LogP contribution < -0.4 is 5.32 Å². The number of rotatable bonds is 1. The van der Waals surface area contributed by atoms with Crippen LogP contribution in [0, 0.1) is 0 Å². The van der Waals surface area contributed by atoms with E-state index in [-0.39, 0.29) is 31.4 Å². The van der Waals surface area contributed by atoms with Gasteiger partial charge in [0.2, 0.25) is 0 Å². The van der Waals surface area contributed by atoms with Crippen molar-refractivity contribution in [3.8, 4) is 0 Å². The molecule has 76 valence electrons. The van der Waals surface area contributed by atoms with Gasteiger partial charge in [0, 0.05) is 30.8 Å². The van der Waals surface area contributed by atoms with Crippen molar-refractivity contribution in [1.82, 2.24) is 15.5 Å². The summed E-state index contributed by atoms with van der Waals surface area (Å²) in [5, 5.41) is 19.0. The second-order valence-corrected chi connectivity index (χ2v) is 2.71. The van der Waals surface area contributed by atoms with Gasteiger partial charge in [-0.2, -0.15) is 5.10 Å². The first kappa shape index (κ1) is 12.7. The third kappa shape index (κ3) is 2.34. The Hall–Kier alpha value is -0.290. The van der Waals surface area contributed by atoms with Crippen molar-refractivity contribution in [2.24, 2.45) is 0 Å². The fraction of sp³-hybridized carbons (Fsp3) is 0.571. The standard InChI is InChI=1S/C7H11N3O.2ClH/c11-4-7-5-3-8-2-1-6(5)9-10-7;;/h8,11H,1-4H2,(H,9,10);2*1H. The number of hydrogen-bond acceptors (Lipinski definition) is 3. The van der Waals surface area contributed by atoms with Crippen LogP contribution in [-0.2, 0) is 19.6 Å². The molecule has 0 spiro atoms. The smallest absolute Gasteiger partial charge is 0.0924 e. The minimum Gasteiger partial charge on any atom is -0.390 e. The van der Waals surface area contributed by atoms with Crippen LogP contribution in [0.3, 0.4) is 0 Å². The van der Waals surface area contributed by atoms with E-state index in [0.717, 1.165) is 30.8 Å². The van der Waals surface area contributed by atoms with Gasteiger partial charge in [-0.1, -0.05) is 0 Å². The molecule has 1 aromatic rings. The minimum absolute atomic E-state index is 0. The Balaban J connectivity index is 0.000000720. The molecule has 1 aliphatic rings. The third-order valence-corrected chi connectivity index (χ3v) is 2.04. The zero-order chi connectivity index (χ0) is 7.68. The van der Waals surface area contributed by atoms with E-state index in [4.69, 9.17) is 5.11 Å². The van der Waals surface area contributed by atoms with Crippen molar-refractivity contribution in [2.45, 2.75) is 19.6 Å². The van der Waals surface area contributed by atoms with Gasteiger partial charge in [-0.05, 0) is 0 Å². The molecular weight excluding hydrogens is 213 g/mol. The number of nitrogens with one attached hydrogen (secondary N) is 2. The second kappa shape index (κ2) is 5.44. The fourth-order valence-electron chi connectivity index (χ4n) is 1.42. The van der Waals surface area contributed by atoms with Crippen molar-refractivity contribution in [3.05, 3.63) is 17.0 Å². The molecule has 0 fully saturated rings. The highest BCUT2D eigenvalue weighted by atomic mass is 35.5. The van der Waals surface area contributed by atoms with Gasteiger partial charge in [0.05, 0.1) is 12.3 Å². The first-order valence-corrected chi connectivity index (χ1v) is 3.78. The summed E-state index contributed by atoms with van der Waals surface area (Å²) in [5.74, 6) is 0. The zero-order valence-electron chi connectivity index (χ0n) is 7.04. The van der Waals surface area contributed by atoms with Gasteiger partial charge in [-0.3, -0.25) is 5.10 Å². The quantitative estimate of drug-likeness (QED) is 0.649. The molecule has 0 unspecified atom stereocenters. The largest absolute Gasteiger partial charge is 0.390 e. The molecule has 0 radical (unpaired) electrons. The number of aromatic nitrogens is 2. The first-order valence-electron chi connectivity index (χ1n) is 3.78. The molecule has 0 amide bonds. The van der Waals surface area contributed by atoms with Gasteiger partial charge < -0.3 is 10.4 Å². The van der Waals surface area contributed by atoms with E-state index in [1.165, 1.54) is 5.69 Å². The Labute approximate surface area is 88.9 Å². The number of nitrogens with zero attached hydrogens (tertiary/aromatic N) is 1. The van der Waals surface area contributed by atoms with Crippen LogP contribution in [0.15, 0.2) is 0 Å². The van der Waals surface area contributed by atoms with Crippen molar-refractivity contribution < 1.29 is 5.11 Å². The van der Waals surface area contributed by atoms with E-state index in [1.807, 2.05) is 0 Å². The average Bonchev–Trinajstić information content (AvgIpc) is 2.47. The highest BCUT2D eigenvalue weighted by Gasteiger charge is 2.14. The number of H-pyrrole nitrogens is 1. The van der Waals surface area contributed by atoms with Gasteiger partial charge in [-0.25, -0.2) is 0 Å². The minimum atomic E-state index is 0. The molecule has 0 saturated carbocycles. The SMILES string of the molecule is Cl.Cl.OCc1n[nH]c2c1CNCC2. The number of halogens is 2. The van der Waals surface area contributed by atoms with Crippen LogP contribution >= 0.6 is 24.8 Å². The molecule has 13 heavy (non-hydrogen) atoms. The number of aliphatic hydroxyl groups is 1. The van der Waals surface area contributed by atoms with Crippen LogP contribution in [0.25, 0.3) is 0 Å². The molecular formula is C7H13Cl2N3O. The highest BCUT2D eigenvalue weighted by molar-refractivity contribution is 5.85. The van der Waals surface area contributed by atoms with E-state index in [9.17, 15) is 0 Å². The lowest BCUT2D eigenvalue weighted by molar-refractivity contribution is 0.275. The van der Waals surface area contributed by atoms with Gasteiger partial charge in [0.1, 0.15) is 0 Å². The third-order valence-electron chi connectivity index (χ3n) is 2.04. The number of aliphatic hydroxyl groups excluding tert-OH is 1. The van der Waals surface area contributed by atoms with Crippen LogP contribution in [0.1, 0.15) is 17.0 Å². The summed E-state index contributed by atoms with van der Waals surface area (Å²) < 4.78 is 0. The molecule has 4 nitrogen and oxygen atoms in total. The maximum atomic E-state index is 8.87. The lowest BCUT2D eigenvalue weighted by atomic mass is 10.1. The first-order chi connectivity index (χ1) is 5.42. The summed E-state index contributed by atoms with van der Waals surface area (Å²) in [6, 6.07) is 0. The maximum Gasteiger partial charge on any atom is 0.0924 e. The Bertz CT molecular complexity index is 251. The predicted octanol–water partition coefficient (Wildman–Crippen LogP) is 0.391. The lowest BCUT2D eigenvalue weighted by Crippen LogP contribution is -2.23. The van der Waals surface area contributed by atoms with E-state index in [2.05, 4.69) is 15.5 Å². The average molecular weight is 226 g/mol. The van der Waals surface area contributed by atoms with Crippen LogP contribution in [0.2, 0.25) is 0 Å². The van der Waals surface area contributed by atoms with Crippen molar-refractivity contribution in [1.29, 1.82) is 0 Å². The normalized spacial score (nSPS) is 13.9. The van der Waals surface area contributed by atoms with Crippen molar-refractivity contribution in [3.63, 3.8) is 0 Å². The second-order valence-electron chi connectivity index (χ2n) is 2.71. The highest BCUT2D eigenvalue weighted by Crippen LogP contribution is 2.14. The monoisotopic (exact) mass is 225 g/mol. The maximum absolute atomic E-state index is 8.87. The summed E-state index contributed by atoms with van der Waals surface area (Å²) in [6.07, 6.45) is 0.988. The van der Waals surface area contributed by atoms with Crippen LogP contribution in [-0.4, -0.2) is 21.8 Å². The summed E-state index contributed by atoms with van der Waals surface area (Å²) in [6.45, 7) is 1.87. The van der Waals surface area contributed by atoms with Crippen LogP contribution in [0.5, 0.6) is 0 Å². The van der Waals surface area contributed by atoms with Crippen molar-refractivity contribution in [2.75, 3.05) is 6.54 Å². The van der Waals surface area contributed by atoms with E-state index >= 15 is 0 Å². The summed E-state index contributed by atoms with van der Waals surface area (Å²) >= 11 is 0. The molecule has 2 heterocycles. The molecule has 2 rings (SSSR count). The number of fused-ring (bicyclic) bond motifs is 1. The lowest BCUT2D eigenvalue weighted by Gasteiger charge is -2.11. The Morgan fingerprint density at radius 2 is 2.15 bits per heavy atom. The topological polar surface area (TPSA) is 60.9 Å². The van der Waals surface area contributed by atoms with Crippen LogP contribution in [0.4, 0.5) is 0 Å². The zero-order valence-corrected chi connectivity index (χ0v) is 8.67. The molecule has 0 aromatic carbocycles. The Kier molecular flexibility index (Phi) is 5.32.